The molecule has 0 fully saturated rings. The number of hydrogen-bond donors (Lipinski definition) is 1. The van der Waals surface area contributed by atoms with Crippen molar-refractivity contribution < 1.29 is 0 Å². The largest absolute Gasteiger partial charge is 0.383 e. The number of anilines is 1. The molecule has 0 amide bonds. The summed E-state index contributed by atoms with van der Waals surface area (Å²) in [6.45, 7) is 0. The fourth-order valence-electron chi connectivity index (χ4n) is 0.681. The number of pyridine rings is 1. The zero-order valence-electron chi connectivity index (χ0n) is 5.71. The highest BCUT2D eigenvalue weighted by molar-refractivity contribution is 14.1. The van der Waals surface area contributed by atoms with Gasteiger partial charge in [-0.05, 0) is 11.6 Å². The molecule has 0 aromatic carbocycles. The molecule has 0 aliphatic heterocycles. The number of nitrogen functional groups attached to an aromatic ring is 1. The first-order valence-corrected chi connectivity index (χ1v) is 4.51. The fourth-order valence-corrected chi connectivity index (χ4v) is 1.10. The molecule has 4 heteroatoms. The Balaban J connectivity index is 3.15. The molecule has 2 N–H and O–H groups in total. The van der Waals surface area contributed by atoms with E-state index in [2.05, 4.69) is 27.6 Å². The van der Waals surface area contributed by atoms with Crippen molar-refractivity contribution in [2.45, 2.75) is 4.43 Å². The molecule has 0 aliphatic rings. The highest BCUT2D eigenvalue weighted by atomic mass is 127. The van der Waals surface area contributed by atoms with Gasteiger partial charge in [0.05, 0.1) is 5.56 Å². The minimum atomic E-state index is 0.307. The zero-order chi connectivity index (χ0) is 8.27. The average Bonchev–Trinajstić information content (AvgIpc) is 2.05. The standard InChI is InChI=1S/C7H6IN3/c8-2-5-1-6(3-9)7(10)11-4-5/h1,4H,2H2,(H2,10,11). The van der Waals surface area contributed by atoms with Crippen molar-refractivity contribution in [1.82, 2.24) is 4.98 Å². The molecule has 1 aromatic rings. The van der Waals surface area contributed by atoms with Crippen LogP contribution in [0.25, 0.3) is 0 Å². The van der Waals surface area contributed by atoms with Crippen LogP contribution in [0, 0.1) is 11.3 Å². The van der Waals surface area contributed by atoms with E-state index in [1.165, 1.54) is 0 Å². The molecular formula is C7H6IN3. The van der Waals surface area contributed by atoms with E-state index in [1.54, 1.807) is 12.3 Å². The maximum atomic E-state index is 8.57. The number of nitriles is 1. The summed E-state index contributed by atoms with van der Waals surface area (Å²) < 4.78 is 0.847. The molecule has 0 saturated carbocycles. The van der Waals surface area contributed by atoms with E-state index in [9.17, 15) is 0 Å². The average molecular weight is 259 g/mol. The van der Waals surface area contributed by atoms with Crippen molar-refractivity contribution in [1.29, 1.82) is 5.26 Å². The van der Waals surface area contributed by atoms with E-state index in [-0.39, 0.29) is 0 Å². The summed E-state index contributed by atoms with van der Waals surface area (Å²) in [5.74, 6) is 0.307. The van der Waals surface area contributed by atoms with Crippen LogP contribution in [0.3, 0.4) is 0 Å². The molecule has 0 atom stereocenters. The van der Waals surface area contributed by atoms with Crippen LogP contribution in [0.2, 0.25) is 0 Å². The first-order valence-electron chi connectivity index (χ1n) is 2.98. The molecule has 0 bridgehead atoms. The molecule has 1 aromatic heterocycles. The Morgan fingerprint density at radius 3 is 3.00 bits per heavy atom. The second kappa shape index (κ2) is 3.53. The summed E-state index contributed by atoms with van der Waals surface area (Å²) in [5.41, 5.74) is 6.90. The Labute approximate surface area is 78.4 Å². The lowest BCUT2D eigenvalue weighted by molar-refractivity contribution is 1.25. The van der Waals surface area contributed by atoms with E-state index in [4.69, 9.17) is 11.0 Å². The van der Waals surface area contributed by atoms with Crippen LogP contribution in [0.4, 0.5) is 5.82 Å². The summed E-state index contributed by atoms with van der Waals surface area (Å²) in [4.78, 5) is 3.87. The van der Waals surface area contributed by atoms with Crippen LogP contribution < -0.4 is 5.73 Å². The molecule has 3 nitrogen and oxygen atoms in total. The number of alkyl halides is 1. The first kappa shape index (κ1) is 8.27. The van der Waals surface area contributed by atoms with Gasteiger partial charge >= 0.3 is 0 Å². The summed E-state index contributed by atoms with van der Waals surface area (Å²) in [7, 11) is 0. The van der Waals surface area contributed by atoms with Gasteiger partial charge in [-0.3, -0.25) is 0 Å². The third-order valence-corrected chi connectivity index (χ3v) is 2.13. The predicted molar refractivity (Wildman–Crippen MR) is 51.1 cm³/mol. The van der Waals surface area contributed by atoms with Gasteiger partial charge in [0, 0.05) is 10.6 Å². The van der Waals surface area contributed by atoms with Gasteiger partial charge in [-0.25, -0.2) is 4.98 Å². The minimum Gasteiger partial charge on any atom is -0.383 e. The Morgan fingerprint density at radius 1 is 1.73 bits per heavy atom. The van der Waals surface area contributed by atoms with Crippen LogP contribution >= 0.6 is 22.6 Å². The maximum absolute atomic E-state index is 8.57. The van der Waals surface area contributed by atoms with Crippen molar-refractivity contribution in [2.24, 2.45) is 0 Å². The smallest absolute Gasteiger partial charge is 0.141 e. The van der Waals surface area contributed by atoms with Crippen molar-refractivity contribution in [2.75, 3.05) is 5.73 Å². The van der Waals surface area contributed by atoms with E-state index in [0.717, 1.165) is 9.99 Å². The molecule has 0 unspecified atom stereocenters. The molecule has 1 rings (SSSR count). The maximum Gasteiger partial charge on any atom is 0.141 e. The molecule has 1 heterocycles. The van der Waals surface area contributed by atoms with Crippen LogP contribution in [0.5, 0.6) is 0 Å². The van der Waals surface area contributed by atoms with Crippen LogP contribution in [-0.2, 0) is 4.43 Å². The second-order valence-corrected chi connectivity index (χ2v) is 2.78. The lowest BCUT2D eigenvalue weighted by atomic mass is 10.2. The summed E-state index contributed by atoms with van der Waals surface area (Å²) in [6, 6.07) is 3.74. The van der Waals surface area contributed by atoms with Gasteiger partial charge in [0.15, 0.2) is 0 Å². The summed E-state index contributed by atoms with van der Waals surface area (Å²) in [6.07, 6.45) is 1.68. The molecule has 0 radical (unpaired) electrons. The zero-order valence-corrected chi connectivity index (χ0v) is 7.87. The molecule has 0 aliphatic carbocycles. The Hall–Kier alpha value is -0.830. The predicted octanol–water partition coefficient (Wildman–Crippen LogP) is 1.47. The van der Waals surface area contributed by atoms with Crippen molar-refractivity contribution in [3.05, 3.63) is 23.4 Å². The highest BCUT2D eigenvalue weighted by Crippen LogP contribution is 2.11. The third kappa shape index (κ3) is 1.80. The number of nitrogens with two attached hydrogens (primary N) is 1. The van der Waals surface area contributed by atoms with Crippen molar-refractivity contribution in [3.63, 3.8) is 0 Å². The molecule has 56 valence electrons. The van der Waals surface area contributed by atoms with E-state index in [1.807, 2.05) is 6.07 Å². The first-order chi connectivity index (χ1) is 5.27. The van der Waals surface area contributed by atoms with Crippen molar-refractivity contribution >= 4 is 28.4 Å². The SMILES string of the molecule is N#Cc1cc(CI)cnc1N. The van der Waals surface area contributed by atoms with Crippen LogP contribution in [-0.4, -0.2) is 4.98 Å². The summed E-state index contributed by atoms with van der Waals surface area (Å²) >= 11 is 2.21. The van der Waals surface area contributed by atoms with Gasteiger partial charge in [-0.15, -0.1) is 0 Å². The van der Waals surface area contributed by atoms with Crippen molar-refractivity contribution in [3.8, 4) is 6.07 Å². The van der Waals surface area contributed by atoms with Gasteiger partial charge in [0.1, 0.15) is 11.9 Å². The topological polar surface area (TPSA) is 62.7 Å². The molecule has 0 saturated heterocycles. The summed E-state index contributed by atoms with van der Waals surface area (Å²) in [5, 5.41) is 8.57. The Morgan fingerprint density at radius 2 is 2.45 bits per heavy atom. The normalized spacial score (nSPS) is 9.09. The number of rotatable bonds is 1. The Bertz CT molecular complexity index is 303. The lowest BCUT2D eigenvalue weighted by Crippen LogP contribution is -1.95. The van der Waals surface area contributed by atoms with Gasteiger partial charge < -0.3 is 5.73 Å². The molecule has 11 heavy (non-hydrogen) atoms. The van der Waals surface area contributed by atoms with E-state index >= 15 is 0 Å². The monoisotopic (exact) mass is 259 g/mol. The number of hydrogen-bond acceptors (Lipinski definition) is 3. The third-order valence-electron chi connectivity index (χ3n) is 1.25. The quantitative estimate of drug-likeness (QED) is 0.613. The van der Waals surface area contributed by atoms with Crippen LogP contribution in [0.1, 0.15) is 11.1 Å². The van der Waals surface area contributed by atoms with Gasteiger partial charge in [-0.1, -0.05) is 22.6 Å². The minimum absolute atomic E-state index is 0.307. The number of aromatic nitrogens is 1. The van der Waals surface area contributed by atoms with Gasteiger partial charge in [0.2, 0.25) is 0 Å². The number of nitrogens with zero attached hydrogens (tertiary/aromatic N) is 2. The highest BCUT2D eigenvalue weighted by Gasteiger charge is 1.99. The van der Waals surface area contributed by atoms with E-state index in [0.29, 0.717) is 11.4 Å². The molecule has 0 spiro atoms. The van der Waals surface area contributed by atoms with Gasteiger partial charge in [-0.2, -0.15) is 5.26 Å². The number of halogens is 1. The Kier molecular flexibility index (Phi) is 2.65. The molecular weight excluding hydrogens is 253 g/mol. The van der Waals surface area contributed by atoms with E-state index < -0.39 is 0 Å². The lowest BCUT2D eigenvalue weighted by Gasteiger charge is -1.97. The fraction of sp³-hybridized carbons (Fsp3) is 0.143. The second-order valence-electron chi connectivity index (χ2n) is 2.02. The van der Waals surface area contributed by atoms with Crippen LogP contribution in [0.15, 0.2) is 12.3 Å². The van der Waals surface area contributed by atoms with Gasteiger partial charge in [0.25, 0.3) is 0 Å².